The third-order valence-electron chi connectivity index (χ3n) is 8.24. The quantitative estimate of drug-likeness (QED) is 0.326. The summed E-state index contributed by atoms with van der Waals surface area (Å²) in [6.45, 7) is 12.6. The summed E-state index contributed by atoms with van der Waals surface area (Å²) < 4.78 is 1.57. The second kappa shape index (κ2) is 13.4. The van der Waals surface area contributed by atoms with Gasteiger partial charge in [0.05, 0.1) is 33.9 Å². The van der Waals surface area contributed by atoms with Crippen LogP contribution in [0.5, 0.6) is 0 Å². The maximum Gasteiger partial charge on any atom is 0.248 e. The fourth-order valence-electron chi connectivity index (χ4n) is 5.96. The van der Waals surface area contributed by atoms with Gasteiger partial charge in [0.15, 0.2) is 0 Å². The maximum absolute atomic E-state index is 13.9. The molecular formula is C30H42N8O3S. The molecule has 0 saturated carbocycles. The molecule has 2 aliphatic heterocycles. The van der Waals surface area contributed by atoms with Gasteiger partial charge in [0.2, 0.25) is 11.8 Å². The summed E-state index contributed by atoms with van der Waals surface area (Å²) in [6, 6.07) is 6.71. The lowest BCUT2D eigenvalue weighted by Crippen LogP contribution is -2.50. The van der Waals surface area contributed by atoms with Crippen molar-refractivity contribution in [1.82, 2.24) is 40.4 Å². The van der Waals surface area contributed by atoms with E-state index in [-0.39, 0.29) is 36.7 Å². The lowest BCUT2D eigenvalue weighted by molar-refractivity contribution is -0.142. The third-order valence-corrected chi connectivity index (χ3v) is 9.22. The van der Waals surface area contributed by atoms with Crippen LogP contribution in [0.3, 0.4) is 0 Å². The topological polar surface area (TPSA) is 129 Å². The number of rotatable bonds is 10. The van der Waals surface area contributed by atoms with Crippen LogP contribution in [-0.2, 0) is 9.59 Å². The monoisotopic (exact) mass is 594 g/mol. The number of likely N-dealkylation sites (tertiary alicyclic amines) is 1. The summed E-state index contributed by atoms with van der Waals surface area (Å²) in [4.78, 5) is 37.2. The highest BCUT2D eigenvalue weighted by Gasteiger charge is 2.43. The number of piperazine rings is 1. The van der Waals surface area contributed by atoms with Crippen molar-refractivity contribution in [2.75, 3.05) is 39.3 Å². The standard InChI is InChI=1S/C30H42N8O3S/c1-19(2)27(38-16-20(3)34-35-38)30(41)37-17-24(39)15-26(37)29(40)33-25(9-12-36-13-10-31-11-14-36)22-5-7-23(8-6-22)28-21(4)32-18-42-28/h5-8,16,18-19,24-27,31,39H,9-15,17H2,1-4H3,(H,33,40)/t24-,25+,26+,27+/m1/s1. The van der Waals surface area contributed by atoms with Crippen molar-refractivity contribution in [2.24, 2.45) is 5.92 Å². The molecule has 4 heterocycles. The van der Waals surface area contributed by atoms with Gasteiger partial charge in [-0.15, -0.1) is 16.4 Å². The van der Waals surface area contributed by atoms with Crippen molar-refractivity contribution in [2.45, 2.75) is 64.8 Å². The second-order valence-electron chi connectivity index (χ2n) is 11.8. The van der Waals surface area contributed by atoms with Gasteiger partial charge in [-0.05, 0) is 37.3 Å². The van der Waals surface area contributed by atoms with Crippen LogP contribution in [0.4, 0.5) is 0 Å². The van der Waals surface area contributed by atoms with E-state index in [1.54, 1.807) is 22.2 Å². The molecule has 3 aromatic rings. The molecule has 3 N–H and O–H groups in total. The first-order valence-electron chi connectivity index (χ1n) is 14.8. The van der Waals surface area contributed by atoms with E-state index in [1.807, 2.05) is 33.2 Å². The molecule has 2 aromatic heterocycles. The van der Waals surface area contributed by atoms with Crippen LogP contribution < -0.4 is 10.6 Å². The molecule has 5 rings (SSSR count). The van der Waals surface area contributed by atoms with E-state index in [4.69, 9.17) is 0 Å². The second-order valence-corrected chi connectivity index (χ2v) is 12.6. The smallest absolute Gasteiger partial charge is 0.248 e. The van der Waals surface area contributed by atoms with Gasteiger partial charge in [-0.25, -0.2) is 9.67 Å². The van der Waals surface area contributed by atoms with Crippen LogP contribution >= 0.6 is 11.3 Å². The number of aromatic nitrogens is 4. The van der Waals surface area contributed by atoms with Crippen LogP contribution in [0.25, 0.3) is 10.4 Å². The molecule has 0 aliphatic carbocycles. The Bertz CT molecular complexity index is 1350. The number of carbonyl (C=O) groups excluding carboxylic acids is 2. The molecule has 2 aliphatic rings. The summed E-state index contributed by atoms with van der Waals surface area (Å²) >= 11 is 1.62. The zero-order valence-corrected chi connectivity index (χ0v) is 25.7. The Morgan fingerprint density at radius 3 is 2.52 bits per heavy atom. The van der Waals surface area contributed by atoms with Crippen molar-refractivity contribution in [3.05, 3.63) is 52.9 Å². The molecule has 4 atom stereocenters. The van der Waals surface area contributed by atoms with E-state index < -0.39 is 18.2 Å². The van der Waals surface area contributed by atoms with Gasteiger partial charge in [0, 0.05) is 51.9 Å². The van der Waals surface area contributed by atoms with Gasteiger partial charge in [-0.1, -0.05) is 43.3 Å². The van der Waals surface area contributed by atoms with Crippen LogP contribution in [0.15, 0.2) is 36.0 Å². The number of aliphatic hydroxyl groups excluding tert-OH is 1. The molecule has 0 bridgehead atoms. The molecule has 0 spiro atoms. The number of aryl methyl sites for hydroxylation is 2. The van der Waals surface area contributed by atoms with Crippen molar-refractivity contribution >= 4 is 23.2 Å². The zero-order chi connectivity index (χ0) is 29.8. The molecule has 2 amide bonds. The Hall–Kier alpha value is -3.19. The fraction of sp³-hybridized carbons (Fsp3) is 0.567. The Kier molecular flexibility index (Phi) is 9.67. The van der Waals surface area contributed by atoms with Crippen molar-refractivity contribution < 1.29 is 14.7 Å². The minimum absolute atomic E-state index is 0.0764. The molecule has 0 radical (unpaired) electrons. The van der Waals surface area contributed by atoms with Crippen LogP contribution in [0, 0.1) is 19.8 Å². The van der Waals surface area contributed by atoms with Gasteiger partial charge in [0.25, 0.3) is 0 Å². The average Bonchev–Trinajstić information content (AvgIpc) is 3.71. The average molecular weight is 595 g/mol. The number of hydrogen-bond acceptors (Lipinski definition) is 9. The first kappa shape index (κ1) is 30.3. The van der Waals surface area contributed by atoms with E-state index in [0.29, 0.717) is 5.69 Å². The molecule has 0 unspecified atom stereocenters. The molecule has 12 heteroatoms. The summed E-state index contributed by atoms with van der Waals surface area (Å²) in [5.74, 6) is -0.550. The Balaban J connectivity index is 1.35. The van der Waals surface area contributed by atoms with Crippen molar-refractivity contribution in [3.63, 3.8) is 0 Å². The molecule has 42 heavy (non-hydrogen) atoms. The predicted molar refractivity (Wildman–Crippen MR) is 162 cm³/mol. The number of β-amino-alcohol motifs (C(OH)–C–C–N with tert-alkyl or cyclic N) is 1. The highest BCUT2D eigenvalue weighted by atomic mass is 32.1. The molecular weight excluding hydrogens is 552 g/mol. The number of hydrogen-bond donors (Lipinski definition) is 3. The van der Waals surface area contributed by atoms with Crippen molar-refractivity contribution in [3.8, 4) is 10.4 Å². The SMILES string of the molecule is Cc1cn([C@H](C(=O)N2C[C@H](O)C[C@H]2C(=O)N[C@@H](CCN2CCNCC2)c2ccc(-c3scnc3C)cc2)C(C)C)nn1. The number of aliphatic hydroxyl groups is 1. The van der Waals surface area contributed by atoms with Crippen molar-refractivity contribution in [1.29, 1.82) is 0 Å². The van der Waals surface area contributed by atoms with Crippen LogP contribution in [0.2, 0.25) is 0 Å². The number of benzene rings is 1. The summed E-state index contributed by atoms with van der Waals surface area (Å²) in [6.07, 6.45) is 1.91. The van der Waals surface area contributed by atoms with Gasteiger partial charge in [-0.2, -0.15) is 0 Å². The van der Waals surface area contributed by atoms with Gasteiger partial charge >= 0.3 is 0 Å². The highest BCUT2D eigenvalue weighted by molar-refractivity contribution is 7.13. The Morgan fingerprint density at radius 2 is 1.90 bits per heavy atom. The lowest BCUT2D eigenvalue weighted by atomic mass is 9.99. The lowest BCUT2D eigenvalue weighted by Gasteiger charge is -2.32. The van der Waals surface area contributed by atoms with Crippen LogP contribution in [-0.4, -0.2) is 98.1 Å². The zero-order valence-electron chi connectivity index (χ0n) is 24.9. The van der Waals surface area contributed by atoms with Gasteiger partial charge < -0.3 is 25.5 Å². The first-order valence-corrected chi connectivity index (χ1v) is 15.7. The minimum atomic E-state index is -0.767. The van der Waals surface area contributed by atoms with Crippen LogP contribution in [0.1, 0.15) is 55.7 Å². The largest absolute Gasteiger partial charge is 0.391 e. The number of amides is 2. The minimum Gasteiger partial charge on any atom is -0.391 e. The molecule has 11 nitrogen and oxygen atoms in total. The van der Waals surface area contributed by atoms with E-state index >= 15 is 0 Å². The predicted octanol–water partition coefficient (Wildman–Crippen LogP) is 2.33. The van der Waals surface area contributed by atoms with E-state index in [1.165, 1.54) is 4.90 Å². The first-order chi connectivity index (χ1) is 20.2. The Morgan fingerprint density at radius 1 is 1.17 bits per heavy atom. The number of nitrogens with one attached hydrogen (secondary N) is 2. The summed E-state index contributed by atoms with van der Waals surface area (Å²) in [5, 5.41) is 25.5. The fourth-order valence-corrected chi connectivity index (χ4v) is 6.77. The molecule has 1 aromatic carbocycles. The van der Waals surface area contributed by atoms with E-state index in [9.17, 15) is 14.7 Å². The maximum atomic E-state index is 13.9. The highest BCUT2D eigenvalue weighted by Crippen LogP contribution is 2.30. The number of nitrogens with zero attached hydrogens (tertiary/aromatic N) is 6. The van der Waals surface area contributed by atoms with Gasteiger partial charge in [0.1, 0.15) is 12.1 Å². The molecule has 2 saturated heterocycles. The summed E-state index contributed by atoms with van der Waals surface area (Å²) in [5.41, 5.74) is 5.68. The summed E-state index contributed by atoms with van der Waals surface area (Å²) in [7, 11) is 0. The van der Waals surface area contributed by atoms with E-state index in [2.05, 4.69) is 55.1 Å². The number of carbonyl (C=O) groups is 2. The number of thiazole rings is 1. The third kappa shape index (κ3) is 6.88. The van der Waals surface area contributed by atoms with Gasteiger partial charge in [-0.3, -0.25) is 9.59 Å². The normalized spacial score (nSPS) is 21.0. The molecule has 226 valence electrons. The van der Waals surface area contributed by atoms with E-state index in [0.717, 1.165) is 60.8 Å². The Labute approximate surface area is 251 Å². The molecule has 2 fully saturated rings.